The van der Waals surface area contributed by atoms with Gasteiger partial charge in [0.2, 0.25) is 11.0 Å². The standard InChI is InChI=1S/C16H20N4OS/c1-20(14(21)11-12-5-3-2-4-6-12)16-19-18-15(22-16)13-7-9-17-10-8-13/h7-10,12H,2-6,11H2,1H3. The third-order valence-corrected chi connectivity index (χ3v) is 5.24. The molecule has 3 rings (SSSR count). The van der Waals surface area contributed by atoms with E-state index in [0.29, 0.717) is 17.5 Å². The minimum Gasteiger partial charge on any atom is -0.290 e. The summed E-state index contributed by atoms with van der Waals surface area (Å²) in [4.78, 5) is 18.1. The van der Waals surface area contributed by atoms with Crippen LogP contribution in [0.2, 0.25) is 0 Å². The van der Waals surface area contributed by atoms with Gasteiger partial charge in [0, 0.05) is 31.4 Å². The number of carbonyl (C=O) groups is 1. The molecule has 22 heavy (non-hydrogen) atoms. The fraction of sp³-hybridized carbons (Fsp3) is 0.500. The Morgan fingerprint density at radius 1 is 1.23 bits per heavy atom. The monoisotopic (exact) mass is 316 g/mol. The van der Waals surface area contributed by atoms with E-state index in [-0.39, 0.29) is 5.91 Å². The summed E-state index contributed by atoms with van der Waals surface area (Å²) in [6.07, 6.45) is 10.3. The molecule has 0 N–H and O–H groups in total. The lowest BCUT2D eigenvalue weighted by atomic mass is 9.87. The zero-order valence-electron chi connectivity index (χ0n) is 12.7. The number of hydrogen-bond donors (Lipinski definition) is 0. The second-order valence-corrected chi connectivity index (χ2v) is 6.74. The van der Waals surface area contributed by atoms with Gasteiger partial charge >= 0.3 is 0 Å². The van der Waals surface area contributed by atoms with Gasteiger partial charge in [-0.1, -0.05) is 30.6 Å². The Hall–Kier alpha value is -1.82. The fourth-order valence-electron chi connectivity index (χ4n) is 2.84. The van der Waals surface area contributed by atoms with Gasteiger partial charge < -0.3 is 0 Å². The first-order valence-corrected chi connectivity index (χ1v) is 8.56. The Morgan fingerprint density at radius 3 is 2.68 bits per heavy atom. The van der Waals surface area contributed by atoms with E-state index in [1.807, 2.05) is 12.1 Å². The number of aromatic nitrogens is 3. The average Bonchev–Trinajstić information content (AvgIpc) is 3.06. The summed E-state index contributed by atoms with van der Waals surface area (Å²) in [5, 5.41) is 9.82. The lowest BCUT2D eigenvalue weighted by Crippen LogP contribution is -2.28. The molecule has 1 aliphatic rings. The number of nitrogens with zero attached hydrogens (tertiary/aromatic N) is 4. The molecule has 2 aromatic heterocycles. The quantitative estimate of drug-likeness (QED) is 0.865. The molecule has 0 atom stereocenters. The number of pyridine rings is 1. The van der Waals surface area contributed by atoms with Crippen LogP contribution in [0.15, 0.2) is 24.5 Å². The Balaban J connectivity index is 1.65. The smallest absolute Gasteiger partial charge is 0.228 e. The van der Waals surface area contributed by atoms with E-state index in [0.717, 1.165) is 10.6 Å². The Kier molecular flexibility index (Phi) is 4.77. The molecule has 0 aliphatic heterocycles. The van der Waals surface area contributed by atoms with Crippen LogP contribution in [0.3, 0.4) is 0 Å². The number of hydrogen-bond acceptors (Lipinski definition) is 5. The minimum absolute atomic E-state index is 0.143. The summed E-state index contributed by atoms with van der Waals surface area (Å²) in [6.45, 7) is 0. The minimum atomic E-state index is 0.143. The second-order valence-electron chi connectivity index (χ2n) is 5.79. The maximum Gasteiger partial charge on any atom is 0.228 e. The van der Waals surface area contributed by atoms with Crippen LogP contribution in [0, 0.1) is 5.92 Å². The molecule has 5 nitrogen and oxygen atoms in total. The summed E-state index contributed by atoms with van der Waals surface area (Å²) in [5.74, 6) is 0.681. The Morgan fingerprint density at radius 2 is 1.95 bits per heavy atom. The molecule has 0 unspecified atom stereocenters. The predicted molar refractivity (Wildman–Crippen MR) is 87.7 cm³/mol. The highest BCUT2D eigenvalue weighted by Gasteiger charge is 2.22. The first kappa shape index (κ1) is 15.1. The van der Waals surface area contributed by atoms with Crippen LogP contribution in [-0.2, 0) is 4.79 Å². The van der Waals surface area contributed by atoms with Crippen molar-refractivity contribution in [3.8, 4) is 10.6 Å². The molecule has 1 aliphatic carbocycles. The second kappa shape index (κ2) is 6.96. The van der Waals surface area contributed by atoms with Crippen LogP contribution in [-0.4, -0.2) is 28.1 Å². The van der Waals surface area contributed by atoms with E-state index in [2.05, 4.69) is 15.2 Å². The maximum absolute atomic E-state index is 12.4. The largest absolute Gasteiger partial charge is 0.290 e. The van der Waals surface area contributed by atoms with Crippen molar-refractivity contribution in [3.05, 3.63) is 24.5 Å². The summed E-state index contributed by atoms with van der Waals surface area (Å²) >= 11 is 1.44. The Labute approximate surface area is 134 Å². The summed E-state index contributed by atoms with van der Waals surface area (Å²) in [5.41, 5.74) is 0.979. The van der Waals surface area contributed by atoms with Crippen molar-refractivity contribution >= 4 is 22.4 Å². The van der Waals surface area contributed by atoms with Gasteiger partial charge in [-0.2, -0.15) is 0 Å². The summed E-state index contributed by atoms with van der Waals surface area (Å²) < 4.78 is 0. The van der Waals surface area contributed by atoms with Crippen LogP contribution in [0.25, 0.3) is 10.6 Å². The van der Waals surface area contributed by atoms with Crippen molar-refractivity contribution in [1.82, 2.24) is 15.2 Å². The zero-order valence-corrected chi connectivity index (χ0v) is 13.6. The molecule has 1 saturated carbocycles. The molecule has 6 heteroatoms. The molecule has 0 aromatic carbocycles. The average molecular weight is 316 g/mol. The summed E-state index contributed by atoms with van der Waals surface area (Å²) in [7, 11) is 1.79. The highest BCUT2D eigenvalue weighted by molar-refractivity contribution is 7.18. The Bertz CT molecular complexity index is 622. The van der Waals surface area contributed by atoms with Gasteiger partial charge in [-0.3, -0.25) is 14.7 Å². The highest BCUT2D eigenvalue weighted by atomic mass is 32.1. The van der Waals surface area contributed by atoms with Gasteiger partial charge in [0.15, 0.2) is 0 Å². The highest BCUT2D eigenvalue weighted by Crippen LogP contribution is 2.30. The molecule has 2 aromatic rings. The fourth-order valence-corrected chi connectivity index (χ4v) is 3.67. The van der Waals surface area contributed by atoms with Crippen molar-refractivity contribution in [2.24, 2.45) is 5.92 Å². The van der Waals surface area contributed by atoms with Crippen molar-refractivity contribution in [2.45, 2.75) is 38.5 Å². The molecular formula is C16H20N4OS. The van der Waals surface area contributed by atoms with Crippen LogP contribution in [0.4, 0.5) is 5.13 Å². The lowest BCUT2D eigenvalue weighted by molar-refractivity contribution is -0.119. The van der Waals surface area contributed by atoms with E-state index < -0.39 is 0 Å². The number of anilines is 1. The van der Waals surface area contributed by atoms with Gasteiger partial charge in [-0.15, -0.1) is 10.2 Å². The topological polar surface area (TPSA) is 59.0 Å². The maximum atomic E-state index is 12.4. The third-order valence-electron chi connectivity index (χ3n) is 4.19. The first-order valence-electron chi connectivity index (χ1n) is 7.74. The van der Waals surface area contributed by atoms with Gasteiger partial charge in [0.25, 0.3) is 0 Å². The number of rotatable bonds is 4. The van der Waals surface area contributed by atoms with E-state index in [1.165, 1.54) is 43.4 Å². The van der Waals surface area contributed by atoms with Gasteiger partial charge in [0.05, 0.1) is 0 Å². The van der Waals surface area contributed by atoms with E-state index in [9.17, 15) is 4.79 Å². The molecular weight excluding hydrogens is 296 g/mol. The molecule has 116 valence electrons. The van der Waals surface area contributed by atoms with Gasteiger partial charge in [-0.05, 0) is 30.9 Å². The summed E-state index contributed by atoms with van der Waals surface area (Å²) in [6, 6.07) is 3.79. The third kappa shape index (κ3) is 3.50. The van der Waals surface area contributed by atoms with E-state index in [1.54, 1.807) is 24.3 Å². The van der Waals surface area contributed by atoms with Crippen molar-refractivity contribution in [1.29, 1.82) is 0 Å². The molecule has 1 amide bonds. The van der Waals surface area contributed by atoms with Crippen LogP contribution >= 0.6 is 11.3 Å². The molecule has 0 radical (unpaired) electrons. The normalized spacial score (nSPS) is 15.7. The molecule has 0 bridgehead atoms. The molecule has 0 spiro atoms. The van der Waals surface area contributed by atoms with E-state index >= 15 is 0 Å². The first-order chi connectivity index (χ1) is 10.7. The van der Waals surface area contributed by atoms with Crippen LogP contribution < -0.4 is 4.90 Å². The predicted octanol–water partition coefficient (Wildman–Crippen LogP) is 3.53. The van der Waals surface area contributed by atoms with E-state index in [4.69, 9.17) is 0 Å². The molecule has 1 fully saturated rings. The van der Waals surface area contributed by atoms with Crippen LogP contribution in [0.5, 0.6) is 0 Å². The zero-order chi connectivity index (χ0) is 15.4. The van der Waals surface area contributed by atoms with Crippen molar-refractivity contribution < 1.29 is 4.79 Å². The van der Waals surface area contributed by atoms with Crippen molar-refractivity contribution in [2.75, 3.05) is 11.9 Å². The van der Waals surface area contributed by atoms with Crippen LogP contribution in [0.1, 0.15) is 38.5 Å². The number of amides is 1. The van der Waals surface area contributed by atoms with Gasteiger partial charge in [0.1, 0.15) is 5.01 Å². The lowest BCUT2D eigenvalue weighted by Gasteiger charge is -2.22. The van der Waals surface area contributed by atoms with Gasteiger partial charge in [-0.25, -0.2) is 0 Å². The van der Waals surface area contributed by atoms with Crippen molar-refractivity contribution in [3.63, 3.8) is 0 Å². The SMILES string of the molecule is CN(C(=O)CC1CCCCC1)c1nnc(-c2ccncc2)s1. The molecule has 2 heterocycles. The molecule has 0 saturated heterocycles. The number of carbonyl (C=O) groups excluding carboxylic acids is 1.